The summed E-state index contributed by atoms with van der Waals surface area (Å²) in [6.45, 7) is 3.68. The SMILES string of the molecule is Cc1cc(C)n(-c2ccc(C(F)(F)F)cc2NC(=O)Cn2nc3n(c2=O)CCCCC3)n1. The second-order valence-corrected chi connectivity index (χ2v) is 7.94. The number of benzene rings is 1. The molecule has 4 rings (SSSR count). The largest absolute Gasteiger partial charge is 0.416 e. The van der Waals surface area contributed by atoms with Gasteiger partial charge in [-0.2, -0.15) is 23.4 Å². The molecule has 2 aromatic heterocycles. The Morgan fingerprint density at radius 2 is 1.91 bits per heavy atom. The fourth-order valence-corrected chi connectivity index (χ4v) is 3.92. The van der Waals surface area contributed by atoms with Gasteiger partial charge in [0, 0.05) is 18.7 Å². The Morgan fingerprint density at radius 3 is 2.59 bits per heavy atom. The molecule has 0 aliphatic carbocycles. The van der Waals surface area contributed by atoms with E-state index in [0.29, 0.717) is 35.9 Å². The van der Waals surface area contributed by atoms with Crippen molar-refractivity contribution in [2.75, 3.05) is 5.32 Å². The van der Waals surface area contributed by atoms with Crippen molar-refractivity contribution in [1.82, 2.24) is 24.1 Å². The molecule has 0 saturated heterocycles. The highest BCUT2D eigenvalue weighted by Gasteiger charge is 2.31. The number of halogens is 3. The van der Waals surface area contributed by atoms with Gasteiger partial charge in [-0.1, -0.05) is 6.42 Å². The van der Waals surface area contributed by atoms with Crippen molar-refractivity contribution < 1.29 is 18.0 Å². The first-order valence-corrected chi connectivity index (χ1v) is 10.3. The summed E-state index contributed by atoms with van der Waals surface area (Å²) in [6, 6.07) is 4.86. The molecule has 0 radical (unpaired) electrons. The number of hydrogen-bond donors (Lipinski definition) is 1. The third kappa shape index (κ3) is 4.32. The lowest BCUT2D eigenvalue weighted by atomic mass is 10.1. The molecule has 0 saturated carbocycles. The number of fused-ring (bicyclic) bond motifs is 1. The van der Waals surface area contributed by atoms with Crippen LogP contribution in [0, 0.1) is 13.8 Å². The van der Waals surface area contributed by atoms with Crippen molar-refractivity contribution in [1.29, 1.82) is 0 Å². The number of carbonyl (C=O) groups excluding carboxylic acids is 1. The molecule has 1 aromatic carbocycles. The van der Waals surface area contributed by atoms with Crippen molar-refractivity contribution in [2.24, 2.45) is 0 Å². The summed E-state index contributed by atoms with van der Waals surface area (Å²) in [4.78, 5) is 25.3. The van der Waals surface area contributed by atoms with E-state index in [9.17, 15) is 22.8 Å². The molecular weight excluding hydrogens is 425 g/mol. The van der Waals surface area contributed by atoms with Gasteiger partial charge in [-0.3, -0.25) is 9.36 Å². The second-order valence-electron chi connectivity index (χ2n) is 7.94. The predicted molar refractivity (Wildman–Crippen MR) is 111 cm³/mol. The first-order valence-electron chi connectivity index (χ1n) is 10.3. The molecule has 8 nitrogen and oxygen atoms in total. The third-order valence-corrected chi connectivity index (χ3v) is 5.41. The van der Waals surface area contributed by atoms with Crippen molar-refractivity contribution in [3.63, 3.8) is 0 Å². The number of carbonyl (C=O) groups is 1. The van der Waals surface area contributed by atoms with E-state index in [-0.39, 0.29) is 11.4 Å². The lowest BCUT2D eigenvalue weighted by Gasteiger charge is -2.15. The highest BCUT2D eigenvalue weighted by molar-refractivity contribution is 5.92. The quantitative estimate of drug-likeness (QED) is 0.664. The molecule has 32 heavy (non-hydrogen) atoms. The van der Waals surface area contributed by atoms with Gasteiger partial charge in [0.2, 0.25) is 5.91 Å². The topological polar surface area (TPSA) is 86.7 Å². The Labute approximate surface area is 181 Å². The van der Waals surface area contributed by atoms with Crippen LogP contribution in [0.2, 0.25) is 0 Å². The molecule has 11 heteroatoms. The van der Waals surface area contributed by atoms with Crippen LogP contribution in [-0.2, 0) is 30.5 Å². The van der Waals surface area contributed by atoms with E-state index in [2.05, 4.69) is 15.5 Å². The highest BCUT2D eigenvalue weighted by atomic mass is 19.4. The van der Waals surface area contributed by atoms with Crippen LogP contribution in [0.3, 0.4) is 0 Å². The van der Waals surface area contributed by atoms with Gasteiger partial charge in [-0.05, 0) is 51.0 Å². The number of amides is 1. The van der Waals surface area contributed by atoms with Gasteiger partial charge < -0.3 is 5.32 Å². The predicted octanol–water partition coefficient (Wildman–Crippen LogP) is 3.23. The lowest BCUT2D eigenvalue weighted by Crippen LogP contribution is -2.30. The highest BCUT2D eigenvalue weighted by Crippen LogP contribution is 2.33. The second kappa shape index (κ2) is 8.29. The number of aryl methyl sites for hydroxylation is 3. The zero-order chi connectivity index (χ0) is 23.0. The number of hydrogen-bond acceptors (Lipinski definition) is 4. The standard InChI is InChI=1S/C21H23F3N6O2/c1-13-10-14(2)30(26-13)17-8-7-15(21(22,23)24)11-16(17)25-19(31)12-29-20(32)28-9-5-3-4-6-18(28)27-29/h7-8,10-11H,3-6,9,12H2,1-2H3,(H,25,31). The molecule has 0 spiro atoms. The van der Waals surface area contributed by atoms with E-state index < -0.39 is 24.2 Å². The van der Waals surface area contributed by atoms with Gasteiger partial charge in [-0.15, -0.1) is 0 Å². The summed E-state index contributed by atoms with van der Waals surface area (Å²) in [6.07, 6.45) is -1.14. The normalized spacial score (nSPS) is 14.2. The molecule has 1 aliphatic rings. The number of nitrogens with zero attached hydrogens (tertiary/aromatic N) is 5. The fraction of sp³-hybridized carbons (Fsp3) is 0.429. The number of aromatic nitrogens is 5. The van der Waals surface area contributed by atoms with Crippen molar-refractivity contribution in [3.8, 4) is 5.69 Å². The van der Waals surface area contributed by atoms with Gasteiger partial charge >= 0.3 is 11.9 Å². The molecule has 1 N–H and O–H groups in total. The fourth-order valence-electron chi connectivity index (χ4n) is 3.92. The molecule has 0 unspecified atom stereocenters. The molecule has 0 bridgehead atoms. The van der Waals surface area contributed by atoms with Gasteiger partial charge in [-0.25, -0.2) is 14.2 Å². The van der Waals surface area contributed by atoms with E-state index in [1.807, 2.05) is 0 Å². The van der Waals surface area contributed by atoms with Crippen LogP contribution in [0.4, 0.5) is 18.9 Å². The first-order chi connectivity index (χ1) is 15.1. The van der Waals surface area contributed by atoms with E-state index in [1.165, 1.54) is 10.7 Å². The Balaban J connectivity index is 1.65. The number of nitrogens with one attached hydrogen (secondary N) is 1. The van der Waals surface area contributed by atoms with E-state index >= 15 is 0 Å². The minimum Gasteiger partial charge on any atom is -0.323 e. The Bertz CT molecular complexity index is 1220. The van der Waals surface area contributed by atoms with Gasteiger partial charge in [0.15, 0.2) is 0 Å². The molecule has 170 valence electrons. The maximum atomic E-state index is 13.3. The molecule has 1 amide bonds. The average Bonchev–Trinajstić information content (AvgIpc) is 3.08. The van der Waals surface area contributed by atoms with Gasteiger partial charge in [0.05, 0.1) is 22.6 Å². The third-order valence-electron chi connectivity index (χ3n) is 5.41. The van der Waals surface area contributed by atoms with Crippen LogP contribution in [0.15, 0.2) is 29.1 Å². The zero-order valence-electron chi connectivity index (χ0n) is 17.7. The number of anilines is 1. The Kier molecular flexibility index (Phi) is 5.66. The summed E-state index contributed by atoms with van der Waals surface area (Å²) in [5.41, 5.74) is 0.344. The number of alkyl halides is 3. The molecule has 3 heterocycles. The summed E-state index contributed by atoms with van der Waals surface area (Å²) >= 11 is 0. The van der Waals surface area contributed by atoms with E-state index in [0.717, 1.165) is 36.1 Å². The number of rotatable bonds is 4. The van der Waals surface area contributed by atoms with Crippen LogP contribution in [0.1, 0.15) is 42.0 Å². The maximum absolute atomic E-state index is 13.3. The Morgan fingerprint density at radius 1 is 1.12 bits per heavy atom. The minimum atomic E-state index is -4.58. The van der Waals surface area contributed by atoms with Crippen LogP contribution in [-0.4, -0.2) is 30.0 Å². The average molecular weight is 448 g/mol. The van der Waals surface area contributed by atoms with E-state index in [1.54, 1.807) is 24.5 Å². The van der Waals surface area contributed by atoms with Gasteiger partial charge in [0.25, 0.3) is 0 Å². The molecule has 0 fully saturated rings. The van der Waals surface area contributed by atoms with Crippen LogP contribution in [0.5, 0.6) is 0 Å². The molecule has 0 atom stereocenters. The van der Waals surface area contributed by atoms with Crippen molar-refractivity contribution >= 4 is 11.6 Å². The molecular formula is C21H23F3N6O2. The minimum absolute atomic E-state index is 0.0511. The smallest absolute Gasteiger partial charge is 0.323 e. The lowest BCUT2D eigenvalue weighted by molar-refractivity contribution is -0.137. The summed E-state index contributed by atoms with van der Waals surface area (Å²) < 4.78 is 44.0. The molecule has 1 aliphatic heterocycles. The monoisotopic (exact) mass is 448 g/mol. The van der Waals surface area contributed by atoms with Crippen LogP contribution in [0.25, 0.3) is 5.69 Å². The zero-order valence-corrected chi connectivity index (χ0v) is 17.7. The van der Waals surface area contributed by atoms with Crippen LogP contribution < -0.4 is 11.0 Å². The van der Waals surface area contributed by atoms with E-state index in [4.69, 9.17) is 0 Å². The summed E-state index contributed by atoms with van der Waals surface area (Å²) in [7, 11) is 0. The summed E-state index contributed by atoms with van der Waals surface area (Å²) in [5, 5.41) is 11.1. The van der Waals surface area contributed by atoms with Crippen molar-refractivity contribution in [2.45, 2.75) is 58.8 Å². The summed E-state index contributed by atoms with van der Waals surface area (Å²) in [5.74, 6) is -0.0230. The first kappa shape index (κ1) is 21.8. The maximum Gasteiger partial charge on any atom is 0.416 e. The van der Waals surface area contributed by atoms with Crippen molar-refractivity contribution in [3.05, 3.63) is 57.5 Å². The molecule has 3 aromatic rings. The Hall–Kier alpha value is -3.37. The van der Waals surface area contributed by atoms with Gasteiger partial charge in [0.1, 0.15) is 12.4 Å². The van der Waals surface area contributed by atoms with Crippen LogP contribution >= 0.6 is 0 Å².